The highest BCUT2D eigenvalue weighted by atomic mass is 19.2. The molecule has 0 radical (unpaired) electrons. The van der Waals surface area contributed by atoms with Gasteiger partial charge in [-0.05, 0) is 24.3 Å². The van der Waals surface area contributed by atoms with E-state index in [-0.39, 0.29) is 5.69 Å². The van der Waals surface area contributed by atoms with Crippen molar-refractivity contribution < 1.29 is 13.2 Å². The molecule has 2 aromatic carbocycles. The summed E-state index contributed by atoms with van der Waals surface area (Å²) in [5.74, 6) is -4.01. The number of halogens is 3. The topological polar surface area (TPSA) is 38.0 Å². The van der Waals surface area contributed by atoms with E-state index in [1.807, 2.05) is 0 Å². The van der Waals surface area contributed by atoms with E-state index in [0.29, 0.717) is 11.4 Å². The number of nitrogen functional groups attached to an aromatic ring is 1. The van der Waals surface area contributed by atoms with Gasteiger partial charge >= 0.3 is 0 Å². The minimum absolute atomic E-state index is 0.165. The number of hydrogen-bond acceptors (Lipinski definition) is 2. The second-order valence-corrected chi connectivity index (χ2v) is 3.44. The summed E-state index contributed by atoms with van der Waals surface area (Å²) in [6.07, 6.45) is 0. The van der Waals surface area contributed by atoms with Gasteiger partial charge in [0.2, 0.25) is 0 Å². The number of benzene rings is 2. The first kappa shape index (κ1) is 11.3. The lowest BCUT2D eigenvalue weighted by Crippen LogP contribution is -2.00. The van der Waals surface area contributed by atoms with Crippen LogP contribution in [0.5, 0.6) is 0 Å². The van der Waals surface area contributed by atoms with Gasteiger partial charge in [-0.1, -0.05) is 12.1 Å². The van der Waals surface area contributed by atoms with E-state index >= 15 is 0 Å². The van der Waals surface area contributed by atoms with Gasteiger partial charge in [-0.15, -0.1) is 0 Å². The van der Waals surface area contributed by atoms with E-state index in [9.17, 15) is 13.2 Å². The van der Waals surface area contributed by atoms with E-state index in [1.54, 1.807) is 24.3 Å². The lowest BCUT2D eigenvalue weighted by atomic mass is 10.2. The molecule has 0 aliphatic carbocycles. The van der Waals surface area contributed by atoms with E-state index in [2.05, 4.69) is 5.32 Å². The SMILES string of the molecule is Nc1ccccc1Nc1ccc(F)c(F)c1F. The number of nitrogens with one attached hydrogen (secondary N) is 1. The summed E-state index contributed by atoms with van der Waals surface area (Å²) in [6, 6.07) is 8.58. The van der Waals surface area contributed by atoms with Crippen molar-refractivity contribution in [3.8, 4) is 0 Å². The number of hydrogen-bond donors (Lipinski definition) is 2. The zero-order chi connectivity index (χ0) is 12.4. The zero-order valence-electron chi connectivity index (χ0n) is 8.68. The molecule has 5 heteroatoms. The van der Waals surface area contributed by atoms with Gasteiger partial charge in [0.15, 0.2) is 17.5 Å². The summed E-state index contributed by atoms with van der Waals surface area (Å²) >= 11 is 0. The van der Waals surface area contributed by atoms with Crippen molar-refractivity contribution in [3.63, 3.8) is 0 Å². The van der Waals surface area contributed by atoms with Gasteiger partial charge in [-0.3, -0.25) is 0 Å². The van der Waals surface area contributed by atoms with Crippen LogP contribution in [0.25, 0.3) is 0 Å². The predicted octanol–water partition coefficient (Wildman–Crippen LogP) is 3.43. The molecule has 0 spiro atoms. The van der Waals surface area contributed by atoms with Crippen LogP contribution in [0.15, 0.2) is 36.4 Å². The Hall–Kier alpha value is -2.17. The number of rotatable bonds is 2. The minimum atomic E-state index is -1.51. The van der Waals surface area contributed by atoms with Crippen molar-refractivity contribution >= 4 is 17.1 Å². The third-order valence-electron chi connectivity index (χ3n) is 2.27. The summed E-state index contributed by atoms with van der Waals surface area (Å²) in [7, 11) is 0. The van der Waals surface area contributed by atoms with Crippen LogP contribution in [0.3, 0.4) is 0 Å². The first-order valence-electron chi connectivity index (χ1n) is 4.84. The summed E-state index contributed by atoms with van der Waals surface area (Å²) in [6.45, 7) is 0. The first-order chi connectivity index (χ1) is 8.09. The Kier molecular flexibility index (Phi) is 2.91. The summed E-state index contributed by atoms with van der Waals surface area (Å²) in [5, 5.41) is 2.60. The second kappa shape index (κ2) is 4.37. The maximum absolute atomic E-state index is 13.4. The van der Waals surface area contributed by atoms with Gasteiger partial charge < -0.3 is 11.1 Å². The van der Waals surface area contributed by atoms with Crippen LogP contribution < -0.4 is 11.1 Å². The smallest absolute Gasteiger partial charge is 0.196 e. The fourth-order valence-electron chi connectivity index (χ4n) is 1.38. The average molecular weight is 238 g/mol. The molecule has 0 aromatic heterocycles. The van der Waals surface area contributed by atoms with Gasteiger partial charge in [-0.25, -0.2) is 13.2 Å². The quantitative estimate of drug-likeness (QED) is 0.621. The van der Waals surface area contributed by atoms with Gasteiger partial charge in [-0.2, -0.15) is 0 Å². The molecule has 2 aromatic rings. The van der Waals surface area contributed by atoms with E-state index in [0.717, 1.165) is 12.1 Å². The molecule has 0 heterocycles. The standard InChI is InChI=1S/C12H9F3N2/c13-7-5-6-10(12(15)11(7)14)17-9-4-2-1-3-8(9)16/h1-6,17H,16H2. The molecule has 17 heavy (non-hydrogen) atoms. The summed E-state index contributed by atoms with van der Waals surface area (Å²) in [4.78, 5) is 0. The largest absolute Gasteiger partial charge is 0.397 e. The normalized spacial score (nSPS) is 10.3. The van der Waals surface area contributed by atoms with Crippen LogP contribution in [0.4, 0.5) is 30.2 Å². The highest BCUT2D eigenvalue weighted by molar-refractivity contribution is 5.72. The molecule has 0 amide bonds. The van der Waals surface area contributed by atoms with Crippen LogP contribution in [0.2, 0.25) is 0 Å². The highest BCUT2D eigenvalue weighted by Crippen LogP contribution is 2.26. The second-order valence-electron chi connectivity index (χ2n) is 3.44. The maximum Gasteiger partial charge on any atom is 0.196 e. The van der Waals surface area contributed by atoms with Crippen LogP contribution in [-0.4, -0.2) is 0 Å². The van der Waals surface area contributed by atoms with Crippen LogP contribution in [0, 0.1) is 17.5 Å². The third kappa shape index (κ3) is 2.18. The van der Waals surface area contributed by atoms with E-state index in [4.69, 9.17) is 5.73 Å². The summed E-state index contributed by atoms with van der Waals surface area (Å²) in [5.41, 5.74) is 6.28. The first-order valence-corrected chi connectivity index (χ1v) is 4.84. The average Bonchev–Trinajstić information content (AvgIpc) is 2.32. The molecule has 0 saturated carbocycles. The third-order valence-corrected chi connectivity index (χ3v) is 2.27. The molecular weight excluding hydrogens is 229 g/mol. The number of para-hydroxylation sites is 2. The Bertz CT molecular complexity index is 555. The summed E-state index contributed by atoms with van der Waals surface area (Å²) < 4.78 is 39.0. The Morgan fingerprint density at radius 3 is 2.24 bits per heavy atom. The molecule has 2 rings (SSSR count). The molecule has 0 aliphatic rings. The van der Waals surface area contributed by atoms with Crippen LogP contribution in [0.1, 0.15) is 0 Å². The van der Waals surface area contributed by atoms with Crippen molar-refractivity contribution in [2.45, 2.75) is 0 Å². The van der Waals surface area contributed by atoms with Crippen molar-refractivity contribution in [2.24, 2.45) is 0 Å². The van der Waals surface area contributed by atoms with Gasteiger partial charge in [0.05, 0.1) is 17.1 Å². The molecular formula is C12H9F3N2. The number of anilines is 3. The maximum atomic E-state index is 13.4. The molecule has 0 aliphatic heterocycles. The van der Waals surface area contributed by atoms with Gasteiger partial charge in [0.1, 0.15) is 0 Å². The molecule has 0 atom stereocenters. The Morgan fingerprint density at radius 2 is 1.53 bits per heavy atom. The molecule has 0 bridgehead atoms. The lowest BCUT2D eigenvalue weighted by Gasteiger charge is -2.10. The molecule has 0 fully saturated rings. The van der Waals surface area contributed by atoms with Crippen LogP contribution in [-0.2, 0) is 0 Å². The Labute approximate surface area is 95.9 Å². The molecule has 3 N–H and O–H groups in total. The lowest BCUT2D eigenvalue weighted by molar-refractivity contribution is 0.449. The zero-order valence-corrected chi connectivity index (χ0v) is 8.68. The molecule has 88 valence electrons. The van der Waals surface area contributed by atoms with Gasteiger partial charge in [0.25, 0.3) is 0 Å². The highest BCUT2D eigenvalue weighted by Gasteiger charge is 2.13. The molecule has 0 unspecified atom stereocenters. The van der Waals surface area contributed by atoms with E-state index in [1.165, 1.54) is 0 Å². The monoisotopic (exact) mass is 238 g/mol. The van der Waals surface area contributed by atoms with Gasteiger partial charge in [0, 0.05) is 0 Å². The fraction of sp³-hybridized carbons (Fsp3) is 0. The molecule has 0 saturated heterocycles. The number of nitrogens with two attached hydrogens (primary N) is 1. The fourth-order valence-corrected chi connectivity index (χ4v) is 1.38. The predicted molar refractivity (Wildman–Crippen MR) is 60.5 cm³/mol. The Morgan fingerprint density at radius 1 is 0.824 bits per heavy atom. The van der Waals surface area contributed by atoms with Crippen molar-refractivity contribution in [3.05, 3.63) is 53.8 Å². The molecule has 2 nitrogen and oxygen atoms in total. The van der Waals surface area contributed by atoms with Crippen molar-refractivity contribution in [1.82, 2.24) is 0 Å². The minimum Gasteiger partial charge on any atom is -0.397 e. The Balaban J connectivity index is 2.38. The van der Waals surface area contributed by atoms with E-state index < -0.39 is 17.5 Å². The van der Waals surface area contributed by atoms with Crippen LogP contribution >= 0.6 is 0 Å². The van der Waals surface area contributed by atoms with Crippen molar-refractivity contribution in [1.29, 1.82) is 0 Å². The van der Waals surface area contributed by atoms with Crippen molar-refractivity contribution in [2.75, 3.05) is 11.1 Å².